The van der Waals surface area contributed by atoms with Gasteiger partial charge in [0.25, 0.3) is 0 Å². The number of anilines is 2. The van der Waals surface area contributed by atoms with E-state index >= 15 is 0 Å². The average molecular weight is 299 g/mol. The van der Waals surface area contributed by atoms with Gasteiger partial charge in [-0.3, -0.25) is 0 Å². The number of carboxylic acid groups (broad SMARTS) is 1. The second-order valence-corrected chi connectivity index (χ2v) is 5.98. The van der Waals surface area contributed by atoms with E-state index in [0.717, 1.165) is 6.07 Å². The predicted octanol–water partition coefficient (Wildman–Crippen LogP) is 1.23. The molecule has 0 amide bonds. The molecule has 1 aromatic carbocycles. The molecule has 0 fully saturated rings. The van der Waals surface area contributed by atoms with E-state index in [1.54, 1.807) is 11.6 Å². The highest BCUT2D eigenvalue weighted by atomic mass is 32.2. The fraction of sp³-hybridized carbons (Fsp3) is 0. The highest BCUT2D eigenvalue weighted by Crippen LogP contribution is 2.24. The van der Waals surface area contributed by atoms with Crippen molar-refractivity contribution >= 4 is 38.1 Å². The van der Waals surface area contributed by atoms with E-state index in [2.05, 4.69) is 10.3 Å². The topological polar surface area (TPSA) is 122 Å². The number of aromatic nitrogens is 1. The molecule has 7 nitrogen and oxygen atoms in total. The maximum atomic E-state index is 11.2. The van der Waals surface area contributed by atoms with Crippen molar-refractivity contribution in [2.75, 3.05) is 5.32 Å². The van der Waals surface area contributed by atoms with Gasteiger partial charge in [0.05, 0.1) is 16.1 Å². The minimum Gasteiger partial charge on any atom is -0.478 e. The first-order chi connectivity index (χ1) is 8.88. The average Bonchev–Trinajstić information content (AvgIpc) is 2.80. The van der Waals surface area contributed by atoms with Gasteiger partial charge in [-0.15, -0.1) is 11.3 Å². The highest BCUT2D eigenvalue weighted by molar-refractivity contribution is 7.89. The van der Waals surface area contributed by atoms with Gasteiger partial charge in [-0.1, -0.05) is 0 Å². The molecule has 2 rings (SSSR count). The van der Waals surface area contributed by atoms with Crippen molar-refractivity contribution in [1.82, 2.24) is 4.98 Å². The molecule has 9 heteroatoms. The zero-order valence-electron chi connectivity index (χ0n) is 9.40. The molecule has 4 N–H and O–H groups in total. The number of rotatable bonds is 4. The molecule has 0 aliphatic rings. The van der Waals surface area contributed by atoms with E-state index in [9.17, 15) is 13.2 Å². The molecular weight excluding hydrogens is 290 g/mol. The van der Waals surface area contributed by atoms with Crippen LogP contribution in [-0.4, -0.2) is 24.5 Å². The Bertz CT molecular complexity index is 710. The maximum absolute atomic E-state index is 11.2. The lowest BCUT2D eigenvalue weighted by atomic mass is 10.2. The van der Waals surface area contributed by atoms with Crippen LogP contribution in [0.1, 0.15) is 10.4 Å². The van der Waals surface area contributed by atoms with Gasteiger partial charge in [-0.05, 0) is 18.2 Å². The van der Waals surface area contributed by atoms with Gasteiger partial charge in [0.2, 0.25) is 10.0 Å². The Labute approximate surface area is 112 Å². The van der Waals surface area contributed by atoms with E-state index < -0.39 is 16.0 Å². The van der Waals surface area contributed by atoms with E-state index in [-0.39, 0.29) is 16.1 Å². The number of nitrogens with one attached hydrogen (secondary N) is 1. The third kappa shape index (κ3) is 3.08. The maximum Gasteiger partial charge on any atom is 0.337 e. The number of aromatic carboxylic acids is 1. The van der Waals surface area contributed by atoms with Gasteiger partial charge in [-0.2, -0.15) is 0 Å². The van der Waals surface area contributed by atoms with E-state index in [1.807, 2.05) is 0 Å². The molecule has 0 spiro atoms. The van der Waals surface area contributed by atoms with Gasteiger partial charge in [-0.25, -0.2) is 23.3 Å². The first kappa shape index (κ1) is 13.5. The second-order valence-electron chi connectivity index (χ2n) is 3.52. The second kappa shape index (κ2) is 4.96. The molecule has 19 heavy (non-hydrogen) atoms. The van der Waals surface area contributed by atoms with Crippen molar-refractivity contribution in [2.24, 2.45) is 5.14 Å². The van der Waals surface area contributed by atoms with E-state index in [0.29, 0.717) is 5.13 Å². The fourth-order valence-electron chi connectivity index (χ4n) is 1.39. The number of hydrogen-bond acceptors (Lipinski definition) is 6. The molecule has 0 unspecified atom stereocenters. The van der Waals surface area contributed by atoms with Crippen molar-refractivity contribution in [2.45, 2.75) is 4.90 Å². The molecule has 0 aliphatic heterocycles. The largest absolute Gasteiger partial charge is 0.478 e. The predicted molar refractivity (Wildman–Crippen MR) is 70.2 cm³/mol. The van der Waals surface area contributed by atoms with Crippen LogP contribution >= 0.6 is 11.3 Å². The van der Waals surface area contributed by atoms with Gasteiger partial charge >= 0.3 is 5.97 Å². The minimum atomic E-state index is -3.94. The minimum absolute atomic E-state index is 0.193. The first-order valence-electron chi connectivity index (χ1n) is 4.94. The fourth-order valence-corrected chi connectivity index (χ4v) is 2.47. The number of thiazole rings is 1. The van der Waals surface area contributed by atoms with E-state index in [4.69, 9.17) is 10.2 Å². The Hall–Kier alpha value is -1.97. The molecule has 1 aromatic heterocycles. The summed E-state index contributed by atoms with van der Waals surface area (Å²) in [7, 11) is -3.94. The first-order valence-corrected chi connectivity index (χ1v) is 7.37. The summed E-state index contributed by atoms with van der Waals surface area (Å²) < 4.78 is 22.4. The lowest BCUT2D eigenvalue weighted by Gasteiger charge is -2.08. The number of nitrogens with zero attached hydrogens (tertiary/aromatic N) is 1. The van der Waals surface area contributed by atoms with Crippen molar-refractivity contribution in [3.63, 3.8) is 0 Å². The lowest BCUT2D eigenvalue weighted by Crippen LogP contribution is -2.13. The summed E-state index contributed by atoms with van der Waals surface area (Å²) in [5, 5.41) is 19.1. The summed E-state index contributed by atoms with van der Waals surface area (Å²) in [4.78, 5) is 14.8. The zero-order valence-corrected chi connectivity index (χ0v) is 11.0. The third-order valence-corrected chi connectivity index (χ3v) is 3.82. The molecule has 0 atom stereocenters. The zero-order chi connectivity index (χ0) is 14.0. The molecule has 0 saturated carbocycles. The smallest absolute Gasteiger partial charge is 0.337 e. The lowest BCUT2D eigenvalue weighted by molar-refractivity contribution is 0.0697. The summed E-state index contributed by atoms with van der Waals surface area (Å²) in [5.74, 6) is -1.26. The SMILES string of the molecule is NS(=O)(=O)c1ccc(Nc2nccs2)c(C(=O)O)c1. The van der Waals surface area contributed by atoms with Crippen molar-refractivity contribution in [3.05, 3.63) is 35.3 Å². The van der Waals surface area contributed by atoms with Gasteiger partial charge in [0.15, 0.2) is 5.13 Å². The summed E-state index contributed by atoms with van der Waals surface area (Å²) >= 11 is 1.29. The number of primary sulfonamides is 1. The van der Waals surface area contributed by atoms with Crippen LogP contribution in [0.15, 0.2) is 34.7 Å². The number of sulfonamides is 1. The molecule has 0 saturated heterocycles. The number of benzene rings is 1. The number of carbonyl (C=O) groups is 1. The molecule has 2 aromatic rings. The standard InChI is InChI=1S/C10H9N3O4S2/c11-19(16,17)6-1-2-8(7(5-6)9(14)15)13-10-12-3-4-18-10/h1-5H,(H,12,13)(H,14,15)(H2,11,16,17). The summed E-state index contributed by atoms with van der Waals surface area (Å²) in [6, 6.07) is 3.58. The molecule has 0 bridgehead atoms. The highest BCUT2D eigenvalue weighted by Gasteiger charge is 2.16. The molecule has 100 valence electrons. The van der Waals surface area contributed by atoms with Crippen LogP contribution in [0.5, 0.6) is 0 Å². The third-order valence-electron chi connectivity index (χ3n) is 2.22. The molecule has 1 heterocycles. The van der Waals surface area contributed by atoms with Crippen LogP contribution in [0.4, 0.5) is 10.8 Å². The monoisotopic (exact) mass is 299 g/mol. The number of nitrogens with two attached hydrogens (primary N) is 1. The van der Waals surface area contributed by atoms with Crippen LogP contribution in [-0.2, 0) is 10.0 Å². The van der Waals surface area contributed by atoms with Crippen LogP contribution < -0.4 is 10.5 Å². The number of hydrogen-bond donors (Lipinski definition) is 3. The van der Waals surface area contributed by atoms with Gasteiger partial charge in [0, 0.05) is 11.6 Å². The molecule has 0 radical (unpaired) electrons. The summed E-state index contributed by atoms with van der Waals surface area (Å²) in [5.41, 5.74) is 0.0524. The van der Waals surface area contributed by atoms with Crippen LogP contribution in [0, 0.1) is 0 Å². The number of carboxylic acids is 1. The summed E-state index contributed by atoms with van der Waals surface area (Å²) in [6.07, 6.45) is 1.56. The Morgan fingerprint density at radius 1 is 1.42 bits per heavy atom. The Kier molecular flexibility index (Phi) is 3.51. The van der Waals surface area contributed by atoms with Crippen LogP contribution in [0.3, 0.4) is 0 Å². The van der Waals surface area contributed by atoms with Gasteiger partial charge in [0.1, 0.15) is 0 Å². The molecule has 0 aliphatic carbocycles. The van der Waals surface area contributed by atoms with Crippen molar-refractivity contribution < 1.29 is 18.3 Å². The Morgan fingerprint density at radius 3 is 2.68 bits per heavy atom. The van der Waals surface area contributed by atoms with Gasteiger partial charge < -0.3 is 10.4 Å². The van der Waals surface area contributed by atoms with Crippen molar-refractivity contribution in [1.29, 1.82) is 0 Å². The Balaban J connectivity index is 2.47. The van der Waals surface area contributed by atoms with Crippen LogP contribution in [0.25, 0.3) is 0 Å². The van der Waals surface area contributed by atoms with Crippen molar-refractivity contribution in [3.8, 4) is 0 Å². The molecular formula is C10H9N3O4S2. The quantitative estimate of drug-likeness (QED) is 0.780. The van der Waals surface area contributed by atoms with E-state index in [1.165, 1.54) is 23.5 Å². The van der Waals surface area contributed by atoms with Crippen LogP contribution in [0.2, 0.25) is 0 Å². The summed E-state index contributed by atoms with van der Waals surface area (Å²) in [6.45, 7) is 0. The normalized spacial score (nSPS) is 11.2. The Morgan fingerprint density at radius 2 is 2.16 bits per heavy atom.